The van der Waals surface area contributed by atoms with Crippen molar-refractivity contribution in [2.45, 2.75) is 38.5 Å². The fourth-order valence-electron chi connectivity index (χ4n) is 4.52. The fraction of sp³-hybridized carbons (Fsp3) is 0.320. The summed E-state index contributed by atoms with van der Waals surface area (Å²) in [6.45, 7) is 1.99. The SMILES string of the molecule is C[C@@H](C(=O)Nc1ccc(C#N)cc1)C1CCC(c2ccnc3ccc(F)cc23)CC1. The number of nitrogens with one attached hydrogen (secondary N) is 1. The molecule has 4 nitrogen and oxygen atoms in total. The van der Waals surface area contributed by atoms with Crippen LogP contribution in [0, 0.1) is 29.0 Å². The summed E-state index contributed by atoms with van der Waals surface area (Å²) in [5.41, 5.74) is 3.27. The van der Waals surface area contributed by atoms with Gasteiger partial charge in [0.1, 0.15) is 5.82 Å². The van der Waals surface area contributed by atoms with E-state index in [2.05, 4.69) is 16.4 Å². The Morgan fingerprint density at radius 1 is 1.13 bits per heavy atom. The summed E-state index contributed by atoms with van der Waals surface area (Å²) in [4.78, 5) is 17.1. The predicted molar refractivity (Wildman–Crippen MR) is 115 cm³/mol. The highest BCUT2D eigenvalue weighted by atomic mass is 19.1. The largest absolute Gasteiger partial charge is 0.326 e. The van der Waals surface area contributed by atoms with Crippen LogP contribution < -0.4 is 5.32 Å². The van der Waals surface area contributed by atoms with Crippen LogP contribution in [0.3, 0.4) is 0 Å². The van der Waals surface area contributed by atoms with E-state index in [0.29, 0.717) is 23.1 Å². The van der Waals surface area contributed by atoms with Gasteiger partial charge in [-0.15, -0.1) is 0 Å². The van der Waals surface area contributed by atoms with Crippen molar-refractivity contribution in [2.24, 2.45) is 11.8 Å². The number of carbonyl (C=O) groups excluding carboxylic acids is 1. The topological polar surface area (TPSA) is 65.8 Å². The van der Waals surface area contributed by atoms with Crippen molar-refractivity contribution in [3.05, 3.63) is 71.7 Å². The highest BCUT2D eigenvalue weighted by Gasteiger charge is 2.30. The number of nitriles is 1. The molecule has 1 aromatic heterocycles. The van der Waals surface area contributed by atoms with Gasteiger partial charge in [0.25, 0.3) is 0 Å². The van der Waals surface area contributed by atoms with E-state index < -0.39 is 0 Å². The van der Waals surface area contributed by atoms with Crippen LogP contribution in [0.4, 0.5) is 10.1 Å². The van der Waals surface area contributed by atoms with E-state index in [1.54, 1.807) is 42.6 Å². The summed E-state index contributed by atoms with van der Waals surface area (Å²) in [6.07, 6.45) is 5.69. The van der Waals surface area contributed by atoms with Gasteiger partial charge < -0.3 is 5.32 Å². The van der Waals surface area contributed by atoms with Crippen LogP contribution in [0.2, 0.25) is 0 Å². The van der Waals surface area contributed by atoms with Crippen LogP contribution in [-0.2, 0) is 4.79 Å². The molecule has 1 atom stereocenters. The van der Waals surface area contributed by atoms with Gasteiger partial charge in [0.15, 0.2) is 0 Å². The number of amides is 1. The summed E-state index contributed by atoms with van der Waals surface area (Å²) in [6, 6.07) is 15.8. The van der Waals surface area contributed by atoms with Gasteiger partial charge >= 0.3 is 0 Å². The van der Waals surface area contributed by atoms with Crippen molar-refractivity contribution in [1.29, 1.82) is 5.26 Å². The summed E-state index contributed by atoms with van der Waals surface area (Å²) in [5, 5.41) is 12.7. The maximum absolute atomic E-state index is 13.8. The second-order valence-corrected chi connectivity index (χ2v) is 8.14. The zero-order valence-corrected chi connectivity index (χ0v) is 16.9. The molecular weight excluding hydrogens is 377 g/mol. The Bertz CT molecular complexity index is 1100. The van der Waals surface area contributed by atoms with E-state index in [9.17, 15) is 9.18 Å². The molecule has 1 fully saturated rings. The molecule has 2 aromatic carbocycles. The van der Waals surface area contributed by atoms with E-state index in [1.807, 2.05) is 13.0 Å². The molecule has 30 heavy (non-hydrogen) atoms. The molecule has 1 saturated carbocycles. The van der Waals surface area contributed by atoms with E-state index in [1.165, 1.54) is 6.07 Å². The summed E-state index contributed by atoms with van der Waals surface area (Å²) >= 11 is 0. The Hall–Kier alpha value is -3.26. The van der Waals surface area contributed by atoms with E-state index >= 15 is 0 Å². The first-order valence-electron chi connectivity index (χ1n) is 10.4. The van der Waals surface area contributed by atoms with Crippen LogP contribution in [-0.4, -0.2) is 10.9 Å². The van der Waals surface area contributed by atoms with Crippen molar-refractivity contribution in [1.82, 2.24) is 4.98 Å². The lowest BCUT2D eigenvalue weighted by Gasteiger charge is -2.32. The van der Waals surface area contributed by atoms with Crippen LogP contribution in [0.1, 0.15) is 49.7 Å². The average Bonchev–Trinajstić information content (AvgIpc) is 2.78. The van der Waals surface area contributed by atoms with Gasteiger partial charge in [-0.05, 0) is 91.6 Å². The third-order valence-corrected chi connectivity index (χ3v) is 6.35. The van der Waals surface area contributed by atoms with Crippen molar-refractivity contribution in [3.8, 4) is 6.07 Å². The summed E-state index contributed by atoms with van der Waals surface area (Å²) in [5.74, 6) is 0.373. The number of hydrogen-bond donors (Lipinski definition) is 1. The average molecular weight is 401 g/mol. The molecule has 0 aliphatic heterocycles. The van der Waals surface area contributed by atoms with Gasteiger partial charge in [0, 0.05) is 23.2 Å². The number of rotatable bonds is 4. The maximum Gasteiger partial charge on any atom is 0.227 e. The molecular formula is C25H24FN3O. The molecule has 0 saturated heterocycles. The second kappa shape index (κ2) is 8.62. The minimum absolute atomic E-state index is 0.0135. The molecule has 1 N–H and O–H groups in total. The number of aromatic nitrogens is 1. The minimum Gasteiger partial charge on any atom is -0.326 e. The standard InChI is InChI=1S/C25H24FN3O/c1-16(25(30)29-21-9-2-17(15-27)3-10-21)18-4-6-19(7-5-18)22-12-13-28-24-11-8-20(26)14-23(22)24/h2-3,8-14,16,18-19H,4-7H2,1H3,(H,29,30)/t16-,18?,19?/m1/s1. The van der Waals surface area contributed by atoms with Crippen molar-refractivity contribution in [3.63, 3.8) is 0 Å². The molecule has 0 bridgehead atoms. The van der Waals surface area contributed by atoms with Crippen molar-refractivity contribution >= 4 is 22.5 Å². The summed E-state index contributed by atoms with van der Waals surface area (Å²) < 4.78 is 13.8. The van der Waals surface area contributed by atoms with Gasteiger partial charge in [0.05, 0.1) is 17.1 Å². The minimum atomic E-state index is -0.237. The molecule has 1 aliphatic carbocycles. The van der Waals surface area contributed by atoms with Crippen LogP contribution in [0.5, 0.6) is 0 Å². The third kappa shape index (κ3) is 4.18. The predicted octanol–water partition coefficient (Wildman–Crippen LogP) is 5.79. The van der Waals surface area contributed by atoms with Gasteiger partial charge in [-0.2, -0.15) is 5.26 Å². The zero-order valence-electron chi connectivity index (χ0n) is 16.9. The molecule has 0 unspecified atom stereocenters. The monoisotopic (exact) mass is 401 g/mol. The van der Waals surface area contributed by atoms with Gasteiger partial charge in [0.2, 0.25) is 5.91 Å². The number of carbonyl (C=O) groups is 1. The smallest absolute Gasteiger partial charge is 0.227 e. The van der Waals surface area contributed by atoms with Crippen LogP contribution >= 0.6 is 0 Å². The number of nitrogens with zero attached hydrogens (tertiary/aromatic N) is 2. The molecule has 1 heterocycles. The lowest BCUT2D eigenvalue weighted by molar-refractivity contribution is -0.121. The molecule has 1 aliphatic rings. The first-order valence-corrected chi connectivity index (χ1v) is 10.4. The maximum atomic E-state index is 13.8. The van der Waals surface area contributed by atoms with Gasteiger partial charge in [-0.3, -0.25) is 9.78 Å². The number of halogens is 1. The lowest BCUT2D eigenvalue weighted by Crippen LogP contribution is -2.29. The first kappa shape index (κ1) is 20.0. The molecule has 3 aromatic rings. The second-order valence-electron chi connectivity index (χ2n) is 8.14. The van der Waals surface area contributed by atoms with Crippen molar-refractivity contribution in [2.75, 3.05) is 5.32 Å². The number of hydrogen-bond acceptors (Lipinski definition) is 3. The molecule has 5 heteroatoms. The highest BCUT2D eigenvalue weighted by molar-refractivity contribution is 5.92. The molecule has 1 amide bonds. The van der Waals surface area contributed by atoms with Gasteiger partial charge in [-0.25, -0.2) is 4.39 Å². The Kier molecular flexibility index (Phi) is 5.76. The molecule has 0 radical (unpaired) electrons. The molecule has 0 spiro atoms. The van der Waals surface area contributed by atoms with Crippen molar-refractivity contribution < 1.29 is 9.18 Å². The first-order chi connectivity index (χ1) is 14.5. The molecule has 152 valence electrons. The Labute approximate surface area is 175 Å². The Morgan fingerprint density at radius 3 is 2.57 bits per heavy atom. The molecule has 4 rings (SSSR count). The van der Waals surface area contributed by atoms with E-state index in [-0.39, 0.29) is 17.6 Å². The van der Waals surface area contributed by atoms with E-state index in [4.69, 9.17) is 5.26 Å². The van der Waals surface area contributed by atoms with Crippen LogP contribution in [0.15, 0.2) is 54.7 Å². The Balaban J connectivity index is 1.40. The number of anilines is 1. The number of pyridine rings is 1. The zero-order chi connectivity index (χ0) is 21.1. The van der Waals surface area contributed by atoms with Crippen LogP contribution in [0.25, 0.3) is 10.9 Å². The lowest BCUT2D eigenvalue weighted by atomic mass is 9.73. The number of fused-ring (bicyclic) bond motifs is 1. The quantitative estimate of drug-likeness (QED) is 0.601. The summed E-state index contributed by atoms with van der Waals surface area (Å²) in [7, 11) is 0. The normalized spacial score (nSPS) is 19.8. The fourth-order valence-corrected chi connectivity index (χ4v) is 4.52. The van der Waals surface area contributed by atoms with Gasteiger partial charge in [-0.1, -0.05) is 6.92 Å². The number of benzene rings is 2. The highest BCUT2D eigenvalue weighted by Crippen LogP contribution is 2.41. The third-order valence-electron chi connectivity index (χ3n) is 6.35. The van der Waals surface area contributed by atoms with E-state index in [0.717, 1.165) is 42.1 Å². The Morgan fingerprint density at radius 2 is 1.87 bits per heavy atom.